The zero-order chi connectivity index (χ0) is 18.3. The molecule has 0 saturated carbocycles. The van der Waals surface area contributed by atoms with Crippen LogP contribution in [-0.2, 0) is 13.6 Å². The topological polar surface area (TPSA) is 90.8 Å². The van der Waals surface area contributed by atoms with Crippen molar-refractivity contribution in [1.29, 1.82) is 0 Å². The van der Waals surface area contributed by atoms with Crippen molar-refractivity contribution in [3.8, 4) is 0 Å². The maximum absolute atomic E-state index is 12.6. The molecule has 1 saturated heterocycles. The Morgan fingerprint density at radius 3 is 2.77 bits per heavy atom. The number of carbonyl (C=O) groups excluding carboxylic acids is 1. The second-order valence-corrected chi connectivity index (χ2v) is 6.52. The van der Waals surface area contributed by atoms with Gasteiger partial charge in [-0.25, -0.2) is 14.8 Å². The highest BCUT2D eigenvalue weighted by atomic mass is 16.2. The van der Waals surface area contributed by atoms with Crippen molar-refractivity contribution in [1.82, 2.24) is 33.8 Å². The van der Waals surface area contributed by atoms with E-state index < -0.39 is 0 Å². The highest BCUT2D eigenvalue weighted by Crippen LogP contribution is 2.25. The number of likely N-dealkylation sites (tertiary alicyclic amines) is 1. The lowest BCUT2D eigenvalue weighted by Gasteiger charge is -2.31. The highest BCUT2D eigenvalue weighted by molar-refractivity contribution is 5.92. The van der Waals surface area contributed by atoms with Crippen molar-refractivity contribution >= 4 is 17.1 Å². The van der Waals surface area contributed by atoms with Crippen molar-refractivity contribution in [3.05, 3.63) is 41.0 Å². The first-order chi connectivity index (χ1) is 12.6. The van der Waals surface area contributed by atoms with Gasteiger partial charge < -0.3 is 4.90 Å². The van der Waals surface area contributed by atoms with Crippen molar-refractivity contribution in [2.75, 3.05) is 13.1 Å². The summed E-state index contributed by atoms with van der Waals surface area (Å²) in [5.41, 5.74) is 1.76. The second kappa shape index (κ2) is 6.40. The number of rotatable bonds is 3. The molecule has 4 rings (SSSR count). The van der Waals surface area contributed by atoms with Crippen molar-refractivity contribution in [2.45, 2.75) is 32.4 Å². The molecule has 0 radical (unpaired) electrons. The van der Waals surface area contributed by atoms with Gasteiger partial charge in [0.05, 0.1) is 6.20 Å². The largest absolute Gasteiger partial charge is 0.337 e. The average molecular weight is 355 g/mol. The van der Waals surface area contributed by atoms with Gasteiger partial charge >= 0.3 is 5.69 Å². The van der Waals surface area contributed by atoms with Crippen LogP contribution in [0.4, 0.5) is 0 Å². The van der Waals surface area contributed by atoms with Crippen LogP contribution in [-0.4, -0.2) is 52.8 Å². The van der Waals surface area contributed by atoms with Gasteiger partial charge in [-0.2, -0.15) is 5.10 Å². The van der Waals surface area contributed by atoms with E-state index in [9.17, 15) is 9.59 Å². The van der Waals surface area contributed by atoms with Crippen LogP contribution in [0, 0.1) is 0 Å². The molecule has 0 aromatic carbocycles. The van der Waals surface area contributed by atoms with E-state index in [1.165, 1.54) is 6.33 Å². The molecule has 0 atom stereocenters. The molecule has 1 amide bonds. The molecular weight excluding hydrogens is 334 g/mol. The third kappa shape index (κ3) is 2.59. The molecule has 0 spiro atoms. The second-order valence-electron chi connectivity index (χ2n) is 6.52. The van der Waals surface area contributed by atoms with E-state index >= 15 is 0 Å². The minimum atomic E-state index is -0.0908. The lowest BCUT2D eigenvalue weighted by atomic mass is 10.0. The van der Waals surface area contributed by atoms with Gasteiger partial charge in [0.1, 0.15) is 17.5 Å². The van der Waals surface area contributed by atoms with Crippen LogP contribution in [0.5, 0.6) is 0 Å². The smallest absolute Gasteiger partial charge is 0.330 e. The van der Waals surface area contributed by atoms with Gasteiger partial charge in [0.25, 0.3) is 5.91 Å². The zero-order valence-electron chi connectivity index (χ0n) is 14.9. The molecule has 1 fully saturated rings. The fourth-order valence-corrected chi connectivity index (χ4v) is 3.56. The molecule has 0 aliphatic carbocycles. The van der Waals surface area contributed by atoms with E-state index in [2.05, 4.69) is 15.1 Å². The molecule has 0 N–H and O–H groups in total. The maximum Gasteiger partial charge on any atom is 0.330 e. The van der Waals surface area contributed by atoms with Crippen LogP contribution >= 0.6 is 0 Å². The summed E-state index contributed by atoms with van der Waals surface area (Å²) in [5, 5.41) is 4.29. The molecule has 3 aromatic rings. The minimum absolute atomic E-state index is 0.0262. The Hall–Kier alpha value is -2.97. The number of hydrogen-bond donors (Lipinski definition) is 0. The summed E-state index contributed by atoms with van der Waals surface area (Å²) in [6.07, 6.45) is 6.35. The third-order valence-corrected chi connectivity index (χ3v) is 5.06. The molecule has 9 nitrogen and oxygen atoms in total. The molecule has 0 bridgehead atoms. The molecule has 4 heterocycles. The van der Waals surface area contributed by atoms with Crippen LogP contribution in [0.3, 0.4) is 0 Å². The number of amides is 1. The monoisotopic (exact) mass is 355 g/mol. The number of hydrogen-bond acceptors (Lipinski definition) is 5. The first-order valence-corrected chi connectivity index (χ1v) is 8.79. The average Bonchev–Trinajstić information content (AvgIpc) is 3.26. The fourth-order valence-electron chi connectivity index (χ4n) is 3.56. The number of aromatic nitrogens is 6. The third-order valence-electron chi connectivity index (χ3n) is 5.06. The van der Waals surface area contributed by atoms with Crippen LogP contribution < -0.4 is 5.69 Å². The Morgan fingerprint density at radius 2 is 2.08 bits per heavy atom. The van der Waals surface area contributed by atoms with E-state index in [0.29, 0.717) is 37.3 Å². The Balaban J connectivity index is 1.53. The van der Waals surface area contributed by atoms with Crippen molar-refractivity contribution in [3.63, 3.8) is 0 Å². The first kappa shape index (κ1) is 16.5. The molecule has 1 aliphatic heterocycles. The van der Waals surface area contributed by atoms with E-state index in [1.54, 1.807) is 33.1 Å². The summed E-state index contributed by atoms with van der Waals surface area (Å²) in [7, 11) is 1.73. The highest BCUT2D eigenvalue weighted by Gasteiger charge is 2.28. The lowest BCUT2D eigenvalue weighted by molar-refractivity contribution is 0.0687. The van der Waals surface area contributed by atoms with Crippen molar-refractivity contribution in [2.24, 2.45) is 7.05 Å². The number of fused-ring (bicyclic) bond motifs is 1. The summed E-state index contributed by atoms with van der Waals surface area (Å²) in [6, 6.07) is 1.78. The van der Waals surface area contributed by atoms with Crippen LogP contribution in [0.1, 0.15) is 36.3 Å². The number of nitrogens with zero attached hydrogens (tertiary/aromatic N) is 7. The van der Waals surface area contributed by atoms with Crippen LogP contribution in [0.15, 0.2) is 29.6 Å². The van der Waals surface area contributed by atoms with E-state index in [0.717, 1.165) is 12.1 Å². The molecular formula is C17H21N7O2. The summed E-state index contributed by atoms with van der Waals surface area (Å²) < 4.78 is 5.06. The fraction of sp³-hybridized carbons (Fsp3) is 0.471. The Morgan fingerprint density at radius 1 is 1.31 bits per heavy atom. The maximum atomic E-state index is 12.6. The Kier molecular flexibility index (Phi) is 4.06. The molecule has 9 heteroatoms. The van der Waals surface area contributed by atoms with E-state index in [4.69, 9.17) is 0 Å². The Labute approximate surface area is 149 Å². The normalized spacial score (nSPS) is 15.7. The first-order valence-electron chi connectivity index (χ1n) is 8.79. The van der Waals surface area contributed by atoms with Gasteiger partial charge in [0.2, 0.25) is 0 Å². The van der Waals surface area contributed by atoms with Gasteiger partial charge in [-0.05, 0) is 25.8 Å². The van der Waals surface area contributed by atoms with Gasteiger partial charge in [0.15, 0.2) is 5.65 Å². The molecule has 26 heavy (non-hydrogen) atoms. The number of aryl methyl sites for hydroxylation is 2. The standard InChI is InChI=1S/C17H21N7O2/c1-3-23-9-6-13(20-23)16(25)22-7-4-12(5-8-22)24-15-14(10-18-11-19-15)21(2)17(24)26/h6,9-12H,3-5,7-8H2,1-2H3. The van der Waals surface area contributed by atoms with Gasteiger partial charge in [-0.1, -0.05) is 0 Å². The minimum Gasteiger partial charge on any atom is -0.337 e. The predicted molar refractivity (Wildman–Crippen MR) is 94.8 cm³/mol. The lowest BCUT2D eigenvalue weighted by Crippen LogP contribution is -2.41. The Bertz CT molecular complexity index is 1010. The molecule has 1 aliphatic rings. The van der Waals surface area contributed by atoms with Gasteiger partial charge in [-0.3, -0.25) is 18.6 Å². The van der Waals surface area contributed by atoms with E-state index in [1.807, 2.05) is 18.0 Å². The van der Waals surface area contributed by atoms with Crippen molar-refractivity contribution < 1.29 is 4.79 Å². The summed E-state index contributed by atoms with van der Waals surface area (Å²) in [4.78, 5) is 35.3. The molecule has 3 aromatic heterocycles. The summed E-state index contributed by atoms with van der Waals surface area (Å²) >= 11 is 0. The molecule has 136 valence electrons. The zero-order valence-corrected chi connectivity index (χ0v) is 14.9. The van der Waals surface area contributed by atoms with Crippen LogP contribution in [0.2, 0.25) is 0 Å². The quantitative estimate of drug-likeness (QED) is 0.694. The molecule has 0 unspecified atom stereocenters. The van der Waals surface area contributed by atoms with E-state index in [-0.39, 0.29) is 17.6 Å². The SMILES string of the molecule is CCn1ccc(C(=O)N2CCC(n3c(=O)n(C)c4cncnc43)CC2)n1. The number of carbonyl (C=O) groups is 1. The summed E-state index contributed by atoms with van der Waals surface area (Å²) in [5.74, 6) is -0.0526. The number of piperidine rings is 1. The van der Waals surface area contributed by atoms with Crippen LogP contribution in [0.25, 0.3) is 11.2 Å². The summed E-state index contributed by atoms with van der Waals surface area (Å²) in [6.45, 7) is 3.91. The van der Waals surface area contributed by atoms with Gasteiger partial charge in [0, 0.05) is 38.9 Å². The number of imidazole rings is 1. The van der Waals surface area contributed by atoms with Gasteiger partial charge in [-0.15, -0.1) is 0 Å². The predicted octanol–water partition coefficient (Wildman–Crippen LogP) is 0.824.